The zero-order valence-corrected chi connectivity index (χ0v) is 16.6. The van der Waals surface area contributed by atoms with Gasteiger partial charge in [-0.15, -0.1) is 10.2 Å². The summed E-state index contributed by atoms with van der Waals surface area (Å²) in [6.07, 6.45) is 1.36. The number of amides is 2. The van der Waals surface area contributed by atoms with Crippen LogP contribution in [0, 0.1) is 12.8 Å². The number of benzene rings is 1. The Hall–Kier alpha value is -3.29. The van der Waals surface area contributed by atoms with Crippen LogP contribution in [0.3, 0.4) is 0 Å². The van der Waals surface area contributed by atoms with E-state index in [-0.39, 0.29) is 24.3 Å². The average Bonchev–Trinajstić information content (AvgIpc) is 3.15. The number of rotatable bonds is 4. The van der Waals surface area contributed by atoms with Crippen molar-refractivity contribution in [3.8, 4) is 11.3 Å². The lowest BCUT2D eigenvalue weighted by molar-refractivity contribution is -0.134. The van der Waals surface area contributed by atoms with Crippen LogP contribution in [0.25, 0.3) is 16.9 Å². The minimum Gasteiger partial charge on any atom is -0.348 e. The Bertz CT molecular complexity index is 1040. The quantitative estimate of drug-likeness (QED) is 0.733. The number of aromatic nitrogens is 4. The van der Waals surface area contributed by atoms with Gasteiger partial charge in [0.05, 0.1) is 12.2 Å². The van der Waals surface area contributed by atoms with Crippen LogP contribution in [0.4, 0.5) is 0 Å². The van der Waals surface area contributed by atoms with Gasteiger partial charge >= 0.3 is 0 Å². The Morgan fingerprint density at radius 1 is 1.07 bits per heavy atom. The van der Waals surface area contributed by atoms with Crippen molar-refractivity contribution in [2.75, 3.05) is 13.1 Å². The van der Waals surface area contributed by atoms with E-state index in [1.54, 1.807) is 16.3 Å². The van der Waals surface area contributed by atoms with Crippen LogP contribution in [0.2, 0.25) is 0 Å². The molecule has 0 atom stereocenters. The molecule has 3 aromatic rings. The van der Waals surface area contributed by atoms with Gasteiger partial charge in [0.25, 0.3) is 0 Å². The van der Waals surface area contributed by atoms with Gasteiger partial charge in [0.2, 0.25) is 11.8 Å². The zero-order valence-electron chi connectivity index (χ0n) is 16.6. The van der Waals surface area contributed by atoms with E-state index < -0.39 is 0 Å². The standard InChI is InChI=1S/C21H24N6O2/c1-14-3-5-16(6-4-14)18-7-8-19-23-24-20(27(19)25-18)13-22-21(29)17-9-11-26(12-10-17)15(2)28/h3-8,17H,9-13H2,1-2H3,(H,22,29). The second-order valence-electron chi connectivity index (χ2n) is 7.47. The number of piperidine rings is 1. The topological polar surface area (TPSA) is 92.5 Å². The molecule has 2 amide bonds. The Morgan fingerprint density at radius 2 is 1.79 bits per heavy atom. The number of nitrogens with zero attached hydrogens (tertiary/aromatic N) is 5. The van der Waals surface area contributed by atoms with Crippen LogP contribution in [0.15, 0.2) is 36.4 Å². The molecule has 29 heavy (non-hydrogen) atoms. The smallest absolute Gasteiger partial charge is 0.223 e. The van der Waals surface area contributed by atoms with Crippen molar-refractivity contribution in [1.29, 1.82) is 0 Å². The lowest BCUT2D eigenvalue weighted by atomic mass is 9.96. The summed E-state index contributed by atoms with van der Waals surface area (Å²) in [6, 6.07) is 11.9. The minimum absolute atomic E-state index is 0.0142. The highest BCUT2D eigenvalue weighted by atomic mass is 16.2. The van der Waals surface area contributed by atoms with Gasteiger partial charge < -0.3 is 10.2 Å². The number of hydrogen-bond donors (Lipinski definition) is 1. The van der Waals surface area contributed by atoms with E-state index in [2.05, 4.69) is 20.6 Å². The molecule has 0 bridgehead atoms. The third-order valence-corrected chi connectivity index (χ3v) is 5.41. The molecular formula is C21H24N6O2. The Labute approximate surface area is 168 Å². The van der Waals surface area contributed by atoms with Crippen LogP contribution >= 0.6 is 0 Å². The molecule has 8 heteroatoms. The fourth-order valence-electron chi connectivity index (χ4n) is 3.59. The molecule has 0 aliphatic carbocycles. The molecule has 4 rings (SSSR count). The molecule has 1 aliphatic rings. The van der Waals surface area contributed by atoms with E-state index in [1.165, 1.54) is 5.56 Å². The van der Waals surface area contributed by atoms with E-state index in [9.17, 15) is 9.59 Å². The van der Waals surface area contributed by atoms with Gasteiger partial charge in [-0.25, -0.2) is 0 Å². The van der Waals surface area contributed by atoms with Gasteiger partial charge in [0.15, 0.2) is 11.5 Å². The third kappa shape index (κ3) is 4.11. The number of nitrogens with one attached hydrogen (secondary N) is 1. The highest BCUT2D eigenvalue weighted by Gasteiger charge is 2.26. The van der Waals surface area contributed by atoms with E-state index in [0.717, 1.165) is 11.3 Å². The van der Waals surface area contributed by atoms with Crippen molar-refractivity contribution in [3.63, 3.8) is 0 Å². The molecule has 0 saturated carbocycles. The molecule has 0 radical (unpaired) electrons. The first-order chi connectivity index (χ1) is 14.0. The van der Waals surface area contributed by atoms with E-state index >= 15 is 0 Å². The van der Waals surface area contributed by atoms with Gasteiger partial charge in [-0.3, -0.25) is 9.59 Å². The second-order valence-corrected chi connectivity index (χ2v) is 7.47. The van der Waals surface area contributed by atoms with E-state index in [1.807, 2.05) is 43.3 Å². The fraction of sp³-hybridized carbons (Fsp3) is 0.381. The van der Waals surface area contributed by atoms with Gasteiger partial charge in [0.1, 0.15) is 0 Å². The zero-order chi connectivity index (χ0) is 20.4. The van der Waals surface area contributed by atoms with Crippen molar-refractivity contribution >= 4 is 17.5 Å². The summed E-state index contributed by atoms with van der Waals surface area (Å²) in [5, 5.41) is 15.9. The predicted octanol–water partition coefficient (Wildman–Crippen LogP) is 1.97. The normalized spacial score (nSPS) is 14.9. The molecule has 1 aliphatic heterocycles. The minimum atomic E-state index is -0.0825. The summed E-state index contributed by atoms with van der Waals surface area (Å²) >= 11 is 0. The Balaban J connectivity index is 1.44. The second kappa shape index (κ2) is 7.98. The number of hydrogen-bond acceptors (Lipinski definition) is 5. The van der Waals surface area contributed by atoms with Gasteiger partial charge in [0, 0.05) is 31.5 Å². The fourth-order valence-corrected chi connectivity index (χ4v) is 3.59. The molecule has 1 fully saturated rings. The monoisotopic (exact) mass is 392 g/mol. The Kier molecular flexibility index (Phi) is 5.24. The summed E-state index contributed by atoms with van der Waals surface area (Å²) in [7, 11) is 0. The van der Waals surface area contributed by atoms with Gasteiger partial charge in [-0.05, 0) is 31.9 Å². The molecule has 1 aromatic carbocycles. The van der Waals surface area contributed by atoms with Gasteiger partial charge in [-0.2, -0.15) is 9.61 Å². The first-order valence-electron chi connectivity index (χ1n) is 9.83. The lowest BCUT2D eigenvalue weighted by Crippen LogP contribution is -2.42. The van der Waals surface area contributed by atoms with Crippen molar-refractivity contribution in [2.45, 2.75) is 33.2 Å². The van der Waals surface area contributed by atoms with E-state index in [4.69, 9.17) is 0 Å². The molecule has 2 aromatic heterocycles. The molecule has 3 heterocycles. The van der Waals surface area contributed by atoms with Crippen LogP contribution in [0.5, 0.6) is 0 Å². The number of aryl methyl sites for hydroxylation is 1. The summed E-state index contributed by atoms with van der Waals surface area (Å²) in [6.45, 7) is 5.13. The maximum absolute atomic E-state index is 12.5. The maximum atomic E-state index is 12.5. The lowest BCUT2D eigenvalue weighted by Gasteiger charge is -2.30. The largest absolute Gasteiger partial charge is 0.348 e. The molecule has 0 unspecified atom stereocenters. The van der Waals surface area contributed by atoms with E-state index in [0.29, 0.717) is 37.4 Å². The molecular weight excluding hydrogens is 368 g/mol. The van der Waals surface area contributed by atoms with Crippen LogP contribution in [-0.4, -0.2) is 49.6 Å². The van der Waals surface area contributed by atoms with Crippen molar-refractivity contribution in [3.05, 3.63) is 47.8 Å². The number of likely N-dealkylation sites (tertiary alicyclic amines) is 1. The number of fused-ring (bicyclic) bond motifs is 1. The number of carbonyl (C=O) groups is 2. The number of carbonyl (C=O) groups excluding carboxylic acids is 2. The molecule has 1 N–H and O–H groups in total. The predicted molar refractivity (Wildman–Crippen MR) is 108 cm³/mol. The highest BCUT2D eigenvalue weighted by Crippen LogP contribution is 2.19. The SMILES string of the molecule is CC(=O)N1CCC(C(=O)NCc2nnc3ccc(-c4ccc(C)cc4)nn23)CC1. The van der Waals surface area contributed by atoms with Gasteiger partial charge in [-0.1, -0.05) is 29.8 Å². The Morgan fingerprint density at radius 3 is 2.48 bits per heavy atom. The molecule has 1 saturated heterocycles. The molecule has 150 valence electrons. The van der Waals surface area contributed by atoms with Crippen LogP contribution < -0.4 is 5.32 Å². The first kappa shape index (κ1) is 19.0. The summed E-state index contributed by atoms with van der Waals surface area (Å²) in [4.78, 5) is 25.7. The van der Waals surface area contributed by atoms with Crippen LogP contribution in [0.1, 0.15) is 31.2 Å². The third-order valence-electron chi connectivity index (χ3n) is 5.41. The molecule has 0 spiro atoms. The van der Waals surface area contributed by atoms with Crippen molar-refractivity contribution < 1.29 is 9.59 Å². The maximum Gasteiger partial charge on any atom is 0.223 e. The average molecular weight is 392 g/mol. The van der Waals surface area contributed by atoms with Crippen molar-refractivity contribution in [2.24, 2.45) is 5.92 Å². The summed E-state index contributed by atoms with van der Waals surface area (Å²) < 4.78 is 1.67. The summed E-state index contributed by atoms with van der Waals surface area (Å²) in [5.41, 5.74) is 3.66. The molecule has 8 nitrogen and oxygen atoms in total. The first-order valence-corrected chi connectivity index (χ1v) is 9.83. The summed E-state index contributed by atoms with van der Waals surface area (Å²) in [5.74, 6) is 0.554. The van der Waals surface area contributed by atoms with Crippen molar-refractivity contribution in [1.82, 2.24) is 30.0 Å². The highest BCUT2D eigenvalue weighted by molar-refractivity contribution is 5.79. The van der Waals surface area contributed by atoms with Crippen LogP contribution in [-0.2, 0) is 16.1 Å².